The van der Waals surface area contributed by atoms with Crippen LogP contribution in [0, 0.1) is 6.92 Å². The molecule has 1 aliphatic rings. The van der Waals surface area contributed by atoms with Crippen LogP contribution in [0.3, 0.4) is 0 Å². The molecule has 15 heavy (non-hydrogen) atoms. The summed E-state index contributed by atoms with van der Waals surface area (Å²) in [4.78, 5) is 8.45. The number of hydrogen-bond acceptors (Lipinski definition) is 4. The van der Waals surface area contributed by atoms with E-state index in [1.54, 1.807) is 0 Å². The molecule has 1 aromatic rings. The first kappa shape index (κ1) is 10.5. The Hall–Kier alpha value is -1.02. The van der Waals surface area contributed by atoms with Gasteiger partial charge >= 0.3 is 0 Å². The molecule has 82 valence electrons. The van der Waals surface area contributed by atoms with Gasteiger partial charge in [0.15, 0.2) is 13.6 Å². The minimum atomic E-state index is -1.64. The summed E-state index contributed by atoms with van der Waals surface area (Å²) in [6.45, 7) is 2.03. The number of rotatable bonds is 2. The van der Waals surface area contributed by atoms with Gasteiger partial charge in [0.25, 0.3) is 0 Å². The van der Waals surface area contributed by atoms with Gasteiger partial charge in [-0.05, 0) is 12.5 Å². The summed E-state index contributed by atoms with van der Waals surface area (Å²) in [5.41, 5.74) is 3.03. The Morgan fingerprint density at radius 3 is 2.20 bits per heavy atom. The van der Waals surface area contributed by atoms with Crippen molar-refractivity contribution in [1.29, 1.82) is 0 Å². The fraction of sp³-hybridized carbons (Fsp3) is 0.500. The third-order valence-electron chi connectivity index (χ3n) is 2.65. The molecule has 4 nitrogen and oxygen atoms in total. The topological polar surface area (TPSA) is 36.4 Å². The highest BCUT2D eigenvalue weighted by Gasteiger charge is 2.36. The molecule has 0 saturated heterocycles. The maximum absolute atomic E-state index is 11.6. The van der Waals surface area contributed by atoms with E-state index in [0.29, 0.717) is 0 Å². The lowest BCUT2D eigenvalue weighted by Crippen LogP contribution is -2.22. The molecule has 1 aliphatic heterocycles. The Balaban J connectivity index is 2.66. The first-order chi connectivity index (χ1) is 6.95. The van der Waals surface area contributed by atoms with E-state index in [4.69, 9.17) is 0 Å². The first-order valence-electron chi connectivity index (χ1n) is 4.89. The molecule has 0 aliphatic carbocycles. The van der Waals surface area contributed by atoms with Crippen molar-refractivity contribution in [1.82, 2.24) is 4.98 Å². The molecule has 1 unspecified atom stereocenters. The Morgan fingerprint density at radius 2 is 1.73 bits per heavy atom. The number of nitrogens with zero attached hydrogens (tertiary/aromatic N) is 3. The Bertz CT molecular complexity index is 454. The molecule has 0 N–H and O–H groups in total. The highest BCUT2D eigenvalue weighted by atomic mass is 31.1. The van der Waals surface area contributed by atoms with Gasteiger partial charge in [0, 0.05) is 33.5 Å². The summed E-state index contributed by atoms with van der Waals surface area (Å²) in [7, 11) is 6.26. The zero-order valence-electron chi connectivity index (χ0n) is 9.75. The van der Waals surface area contributed by atoms with E-state index in [1.807, 2.05) is 44.9 Å². The van der Waals surface area contributed by atoms with E-state index in [1.165, 1.54) is 0 Å². The van der Waals surface area contributed by atoms with Crippen molar-refractivity contribution in [2.75, 3.05) is 38.0 Å². The average Bonchev–Trinajstić information content (AvgIpc) is 2.76. The number of aromatic nitrogens is 1. The summed E-state index contributed by atoms with van der Waals surface area (Å²) in [6.07, 6.45) is 0. The SMILES string of the molecule is Cc1c(N(C)C)c(N(C)C)nc2c1[PH]2=O. The van der Waals surface area contributed by atoms with Crippen LogP contribution in [0.2, 0.25) is 0 Å². The fourth-order valence-corrected chi connectivity index (χ4v) is 3.29. The fourth-order valence-electron chi connectivity index (χ4n) is 1.91. The van der Waals surface area contributed by atoms with Gasteiger partial charge in [-0.3, -0.25) is 0 Å². The second-order valence-electron chi connectivity index (χ2n) is 4.25. The van der Waals surface area contributed by atoms with Crippen molar-refractivity contribution in [3.63, 3.8) is 0 Å². The van der Waals surface area contributed by atoms with Crippen molar-refractivity contribution in [3.05, 3.63) is 5.56 Å². The predicted molar refractivity (Wildman–Crippen MR) is 65.9 cm³/mol. The zero-order chi connectivity index (χ0) is 11.3. The first-order valence-corrected chi connectivity index (χ1v) is 6.30. The molecule has 0 radical (unpaired) electrons. The van der Waals surface area contributed by atoms with Crippen LogP contribution in [0.25, 0.3) is 0 Å². The van der Waals surface area contributed by atoms with Crippen LogP contribution in [-0.4, -0.2) is 33.2 Å². The molecule has 5 heteroatoms. The number of fused-ring (bicyclic) bond motifs is 1. The second kappa shape index (κ2) is 3.24. The van der Waals surface area contributed by atoms with Gasteiger partial charge in [0.1, 0.15) is 5.44 Å². The molecule has 1 aromatic heterocycles. The molecule has 1 atom stereocenters. The van der Waals surface area contributed by atoms with Crippen LogP contribution in [-0.2, 0) is 4.57 Å². The van der Waals surface area contributed by atoms with Crippen molar-refractivity contribution < 1.29 is 4.57 Å². The van der Waals surface area contributed by atoms with Crippen LogP contribution in [0.4, 0.5) is 11.5 Å². The van der Waals surface area contributed by atoms with Crippen molar-refractivity contribution >= 4 is 30.0 Å². The largest absolute Gasteiger partial charge is 0.374 e. The molecular weight excluding hydrogens is 209 g/mol. The second-order valence-corrected chi connectivity index (χ2v) is 5.88. The van der Waals surface area contributed by atoms with Gasteiger partial charge in [-0.1, -0.05) is 0 Å². The Labute approximate surface area is 90.7 Å². The highest BCUT2D eigenvalue weighted by molar-refractivity contribution is 7.73. The van der Waals surface area contributed by atoms with Crippen molar-refractivity contribution in [3.8, 4) is 0 Å². The monoisotopic (exact) mass is 225 g/mol. The molecule has 2 rings (SSSR count). The normalized spacial score (nSPS) is 17.3. The standard InChI is InChI=1S/C10H16N3OP/c1-6-7(12(2)3)9(13(4)5)11-10-8(6)15(10)14/h15H,1-5H3. The maximum atomic E-state index is 11.6. The molecule has 0 fully saturated rings. The summed E-state index contributed by atoms with van der Waals surface area (Å²) >= 11 is 0. The molecule has 0 spiro atoms. The van der Waals surface area contributed by atoms with Crippen LogP contribution in [0.15, 0.2) is 0 Å². The van der Waals surface area contributed by atoms with Crippen molar-refractivity contribution in [2.24, 2.45) is 0 Å². The minimum absolute atomic E-state index is 0.826. The van der Waals surface area contributed by atoms with Gasteiger partial charge in [-0.25, -0.2) is 4.98 Å². The lowest BCUT2D eigenvalue weighted by Gasteiger charge is -2.22. The number of hydrogen-bond donors (Lipinski definition) is 0. The molecular formula is C10H16N3OP. The van der Waals surface area contributed by atoms with Crippen LogP contribution in [0.5, 0.6) is 0 Å². The summed E-state index contributed by atoms with van der Waals surface area (Å²) in [6, 6.07) is 0. The molecule has 0 amide bonds. The predicted octanol–water partition coefficient (Wildman–Crippen LogP) is 0.346. The van der Waals surface area contributed by atoms with E-state index >= 15 is 0 Å². The zero-order valence-corrected chi connectivity index (χ0v) is 10.7. The van der Waals surface area contributed by atoms with Gasteiger partial charge < -0.3 is 14.4 Å². The molecule has 2 heterocycles. The summed E-state index contributed by atoms with van der Waals surface area (Å²) < 4.78 is 11.6. The van der Waals surface area contributed by atoms with Gasteiger partial charge in [-0.2, -0.15) is 0 Å². The third kappa shape index (κ3) is 1.44. The van der Waals surface area contributed by atoms with E-state index in [9.17, 15) is 4.57 Å². The van der Waals surface area contributed by atoms with Crippen LogP contribution >= 0.6 is 7.80 Å². The quantitative estimate of drug-likeness (QED) is 0.691. The van der Waals surface area contributed by atoms with Crippen LogP contribution in [0.1, 0.15) is 5.56 Å². The number of anilines is 2. The van der Waals surface area contributed by atoms with Crippen molar-refractivity contribution in [2.45, 2.75) is 6.92 Å². The van der Waals surface area contributed by atoms with E-state index in [-0.39, 0.29) is 0 Å². The minimum Gasteiger partial charge on any atom is -0.374 e. The summed E-state index contributed by atoms with van der Waals surface area (Å²) in [5, 5.41) is 0.995. The van der Waals surface area contributed by atoms with Gasteiger partial charge in [0.05, 0.1) is 5.69 Å². The maximum Gasteiger partial charge on any atom is 0.152 e. The van der Waals surface area contributed by atoms with E-state index in [2.05, 4.69) is 4.98 Å². The average molecular weight is 225 g/mol. The van der Waals surface area contributed by atoms with Crippen LogP contribution < -0.4 is 20.5 Å². The smallest absolute Gasteiger partial charge is 0.152 e. The summed E-state index contributed by atoms with van der Waals surface area (Å²) in [5.74, 6) is 0.909. The van der Waals surface area contributed by atoms with Gasteiger partial charge in [0.2, 0.25) is 0 Å². The highest BCUT2D eigenvalue weighted by Crippen LogP contribution is 2.40. The number of pyridine rings is 1. The third-order valence-corrected chi connectivity index (χ3v) is 4.25. The van der Waals surface area contributed by atoms with E-state index in [0.717, 1.165) is 27.8 Å². The molecule has 0 aromatic carbocycles. The lowest BCUT2D eigenvalue weighted by molar-refractivity contribution is 0.600. The lowest BCUT2D eigenvalue weighted by atomic mass is 10.2. The Morgan fingerprint density at radius 1 is 1.13 bits per heavy atom. The molecule has 0 saturated carbocycles. The molecule has 0 bridgehead atoms. The Kier molecular flexibility index (Phi) is 2.27. The van der Waals surface area contributed by atoms with Gasteiger partial charge in [-0.15, -0.1) is 0 Å². The van der Waals surface area contributed by atoms with E-state index < -0.39 is 7.80 Å².